The zero-order valence-electron chi connectivity index (χ0n) is 11.8. The second-order valence-corrected chi connectivity index (χ2v) is 4.81. The largest absolute Gasteiger partial charge is 0.481 e. The summed E-state index contributed by atoms with van der Waals surface area (Å²) in [5.74, 6) is -1.07. The SMILES string of the molecule is CC(C)N(CCC(=O)O)C(=O)CCn1ccccc1=O. The molecule has 1 rings (SSSR count). The van der Waals surface area contributed by atoms with Gasteiger partial charge in [-0.2, -0.15) is 0 Å². The highest BCUT2D eigenvalue weighted by Crippen LogP contribution is 2.04. The molecule has 6 nitrogen and oxygen atoms in total. The highest BCUT2D eigenvalue weighted by atomic mass is 16.4. The zero-order valence-corrected chi connectivity index (χ0v) is 11.8. The number of amides is 1. The summed E-state index contributed by atoms with van der Waals surface area (Å²) in [5, 5.41) is 8.69. The van der Waals surface area contributed by atoms with Gasteiger partial charge in [-0.15, -0.1) is 0 Å². The third kappa shape index (κ3) is 4.87. The lowest BCUT2D eigenvalue weighted by Crippen LogP contribution is -2.39. The molecule has 0 atom stereocenters. The van der Waals surface area contributed by atoms with E-state index < -0.39 is 5.97 Å². The summed E-state index contributed by atoms with van der Waals surface area (Å²) in [6.45, 7) is 4.17. The third-order valence-electron chi connectivity index (χ3n) is 2.98. The van der Waals surface area contributed by atoms with Crippen molar-refractivity contribution < 1.29 is 14.7 Å². The topological polar surface area (TPSA) is 79.6 Å². The van der Waals surface area contributed by atoms with E-state index >= 15 is 0 Å². The molecule has 0 fully saturated rings. The van der Waals surface area contributed by atoms with Gasteiger partial charge in [0.05, 0.1) is 6.42 Å². The maximum Gasteiger partial charge on any atom is 0.305 e. The molecule has 1 aromatic heterocycles. The molecule has 0 aliphatic carbocycles. The summed E-state index contributed by atoms with van der Waals surface area (Å²) in [7, 11) is 0. The number of aliphatic carboxylic acids is 1. The molecule has 1 heterocycles. The second-order valence-electron chi connectivity index (χ2n) is 4.81. The van der Waals surface area contributed by atoms with Crippen molar-refractivity contribution in [3.8, 4) is 0 Å². The van der Waals surface area contributed by atoms with Gasteiger partial charge in [-0.1, -0.05) is 6.07 Å². The van der Waals surface area contributed by atoms with Crippen molar-refractivity contribution in [2.24, 2.45) is 0 Å². The number of carbonyl (C=O) groups excluding carboxylic acids is 1. The maximum atomic E-state index is 12.1. The number of carboxylic acids is 1. The molecule has 0 spiro atoms. The second kappa shape index (κ2) is 7.47. The van der Waals surface area contributed by atoms with Gasteiger partial charge >= 0.3 is 5.97 Å². The van der Waals surface area contributed by atoms with Gasteiger partial charge in [0.25, 0.3) is 5.56 Å². The smallest absolute Gasteiger partial charge is 0.305 e. The van der Waals surface area contributed by atoms with E-state index in [4.69, 9.17) is 5.11 Å². The van der Waals surface area contributed by atoms with Crippen LogP contribution in [0.15, 0.2) is 29.2 Å². The van der Waals surface area contributed by atoms with Gasteiger partial charge in [0, 0.05) is 37.8 Å². The van der Waals surface area contributed by atoms with Gasteiger partial charge in [-0.05, 0) is 19.9 Å². The Morgan fingerprint density at radius 3 is 2.55 bits per heavy atom. The first-order chi connectivity index (χ1) is 9.41. The number of carboxylic acid groups (broad SMARTS) is 1. The van der Waals surface area contributed by atoms with Crippen LogP contribution in [0, 0.1) is 0 Å². The molecule has 20 heavy (non-hydrogen) atoms. The van der Waals surface area contributed by atoms with Crippen molar-refractivity contribution in [2.75, 3.05) is 6.54 Å². The number of aryl methyl sites for hydroxylation is 1. The van der Waals surface area contributed by atoms with Crippen LogP contribution in [0.5, 0.6) is 0 Å². The molecule has 0 unspecified atom stereocenters. The molecular weight excluding hydrogens is 260 g/mol. The van der Waals surface area contributed by atoms with Crippen LogP contribution in [0.3, 0.4) is 0 Å². The summed E-state index contributed by atoms with van der Waals surface area (Å²) in [5.41, 5.74) is -0.151. The lowest BCUT2D eigenvalue weighted by atomic mass is 10.2. The van der Waals surface area contributed by atoms with Crippen LogP contribution in [0.2, 0.25) is 0 Å². The summed E-state index contributed by atoms with van der Waals surface area (Å²) >= 11 is 0. The Kier molecular flexibility index (Phi) is 5.96. The molecule has 1 aromatic rings. The average Bonchev–Trinajstić information content (AvgIpc) is 2.37. The molecule has 1 N–H and O–H groups in total. The van der Waals surface area contributed by atoms with E-state index in [1.165, 1.54) is 15.5 Å². The summed E-state index contributed by atoms with van der Waals surface area (Å²) < 4.78 is 1.47. The van der Waals surface area contributed by atoms with E-state index in [2.05, 4.69) is 0 Å². The number of nitrogens with zero attached hydrogens (tertiary/aromatic N) is 2. The Hall–Kier alpha value is -2.11. The molecule has 0 aliphatic heterocycles. The van der Waals surface area contributed by atoms with Crippen molar-refractivity contribution in [2.45, 2.75) is 39.3 Å². The molecule has 0 saturated carbocycles. The van der Waals surface area contributed by atoms with Gasteiger partial charge in [0.1, 0.15) is 0 Å². The molecule has 0 saturated heterocycles. The summed E-state index contributed by atoms with van der Waals surface area (Å²) in [6, 6.07) is 4.76. The minimum Gasteiger partial charge on any atom is -0.481 e. The average molecular weight is 280 g/mol. The third-order valence-corrected chi connectivity index (χ3v) is 2.98. The normalized spacial score (nSPS) is 10.6. The van der Waals surface area contributed by atoms with Gasteiger partial charge in [0.15, 0.2) is 0 Å². The number of hydrogen-bond donors (Lipinski definition) is 1. The molecule has 0 bridgehead atoms. The van der Waals surface area contributed by atoms with Gasteiger partial charge in [-0.25, -0.2) is 0 Å². The lowest BCUT2D eigenvalue weighted by Gasteiger charge is -2.26. The Balaban J connectivity index is 2.60. The summed E-state index contributed by atoms with van der Waals surface area (Å²) in [6.07, 6.45) is 1.74. The Morgan fingerprint density at radius 1 is 1.30 bits per heavy atom. The zero-order chi connectivity index (χ0) is 15.1. The monoisotopic (exact) mass is 280 g/mol. The first-order valence-corrected chi connectivity index (χ1v) is 6.58. The molecule has 1 amide bonds. The minimum atomic E-state index is -0.928. The molecule has 110 valence electrons. The maximum absolute atomic E-state index is 12.1. The van der Waals surface area contributed by atoms with Crippen LogP contribution in [0.4, 0.5) is 0 Å². The van der Waals surface area contributed by atoms with Crippen LogP contribution < -0.4 is 5.56 Å². The van der Waals surface area contributed by atoms with E-state index in [0.717, 1.165) is 0 Å². The standard InChI is InChI=1S/C14H20N2O4/c1-11(2)16(10-7-14(19)20)13(18)6-9-15-8-4-3-5-12(15)17/h3-5,8,11H,6-7,9-10H2,1-2H3,(H,19,20). The van der Waals surface area contributed by atoms with Crippen LogP contribution >= 0.6 is 0 Å². The van der Waals surface area contributed by atoms with Crippen molar-refractivity contribution >= 4 is 11.9 Å². The number of rotatable bonds is 7. The van der Waals surface area contributed by atoms with Crippen LogP contribution in [-0.2, 0) is 16.1 Å². The summed E-state index contributed by atoms with van der Waals surface area (Å²) in [4.78, 5) is 35.7. The van der Waals surface area contributed by atoms with Gasteiger partial charge in [-0.3, -0.25) is 14.4 Å². The van der Waals surface area contributed by atoms with Crippen molar-refractivity contribution in [3.63, 3.8) is 0 Å². The number of carbonyl (C=O) groups is 2. The van der Waals surface area contributed by atoms with E-state index in [1.807, 2.05) is 13.8 Å². The quantitative estimate of drug-likeness (QED) is 0.806. The van der Waals surface area contributed by atoms with E-state index in [0.29, 0.717) is 6.54 Å². The van der Waals surface area contributed by atoms with Crippen LogP contribution in [0.1, 0.15) is 26.7 Å². The van der Waals surface area contributed by atoms with Gasteiger partial charge in [0.2, 0.25) is 5.91 Å². The van der Waals surface area contributed by atoms with E-state index in [-0.39, 0.29) is 36.9 Å². The number of aromatic nitrogens is 1. The fourth-order valence-corrected chi connectivity index (χ4v) is 1.89. The molecule has 6 heteroatoms. The molecular formula is C14H20N2O4. The minimum absolute atomic E-state index is 0.0608. The lowest BCUT2D eigenvalue weighted by molar-refractivity contribution is -0.139. The number of hydrogen-bond acceptors (Lipinski definition) is 3. The fourth-order valence-electron chi connectivity index (χ4n) is 1.89. The van der Waals surface area contributed by atoms with Crippen molar-refractivity contribution in [3.05, 3.63) is 34.7 Å². The molecule has 0 radical (unpaired) electrons. The highest BCUT2D eigenvalue weighted by molar-refractivity contribution is 5.77. The first kappa shape index (κ1) is 15.9. The first-order valence-electron chi connectivity index (χ1n) is 6.58. The molecule has 0 aliphatic rings. The van der Waals surface area contributed by atoms with Crippen LogP contribution in [0.25, 0.3) is 0 Å². The number of pyridine rings is 1. The Labute approximate surface area is 117 Å². The van der Waals surface area contributed by atoms with E-state index in [1.54, 1.807) is 18.3 Å². The highest BCUT2D eigenvalue weighted by Gasteiger charge is 2.17. The predicted octanol–water partition coefficient (Wildman–Crippen LogP) is 0.950. The Bertz CT molecular complexity index is 522. The molecule has 0 aromatic carbocycles. The fraction of sp³-hybridized carbons (Fsp3) is 0.500. The predicted molar refractivity (Wildman–Crippen MR) is 74.4 cm³/mol. The Morgan fingerprint density at radius 2 is 2.00 bits per heavy atom. The van der Waals surface area contributed by atoms with Crippen molar-refractivity contribution in [1.82, 2.24) is 9.47 Å². The van der Waals surface area contributed by atoms with Crippen LogP contribution in [-0.4, -0.2) is 39.0 Å². The van der Waals surface area contributed by atoms with E-state index in [9.17, 15) is 14.4 Å². The van der Waals surface area contributed by atoms with Gasteiger partial charge < -0.3 is 14.6 Å². The van der Waals surface area contributed by atoms with Crippen molar-refractivity contribution in [1.29, 1.82) is 0 Å².